The van der Waals surface area contributed by atoms with Crippen molar-refractivity contribution in [3.63, 3.8) is 0 Å². The van der Waals surface area contributed by atoms with Crippen LogP contribution in [0.4, 0.5) is 0 Å². The molecule has 1 aliphatic heterocycles. The van der Waals surface area contributed by atoms with Gasteiger partial charge < -0.3 is 20.1 Å². The Balaban J connectivity index is 1.96. The van der Waals surface area contributed by atoms with E-state index in [2.05, 4.69) is 12.2 Å². The van der Waals surface area contributed by atoms with E-state index in [0.717, 1.165) is 13.0 Å². The minimum absolute atomic E-state index is 0.0628. The average molecular weight is 289 g/mol. The first-order valence-corrected chi connectivity index (χ1v) is 8.06. The van der Waals surface area contributed by atoms with Crippen LogP contribution in [0.15, 0.2) is 0 Å². The molecular weight excluding hydrogens is 258 g/mol. The van der Waals surface area contributed by atoms with Crippen LogP contribution in [0.2, 0.25) is 0 Å². The lowest BCUT2D eigenvalue weighted by molar-refractivity contribution is -0.195. The quantitative estimate of drug-likeness (QED) is 0.454. The Hall–Kier alpha value is -0.200. The van der Waals surface area contributed by atoms with Gasteiger partial charge in [-0.2, -0.15) is 0 Å². The lowest BCUT2D eigenvalue weighted by Gasteiger charge is -2.35. The third-order valence-corrected chi connectivity index (χ3v) is 3.88. The molecule has 120 valence electrons. The smallest absolute Gasteiger partial charge is 0.137 e. The van der Waals surface area contributed by atoms with Crippen molar-refractivity contribution in [2.75, 3.05) is 13.2 Å². The van der Waals surface area contributed by atoms with E-state index >= 15 is 0 Å². The van der Waals surface area contributed by atoms with E-state index in [1.165, 1.54) is 44.9 Å². The van der Waals surface area contributed by atoms with Crippen molar-refractivity contribution < 1.29 is 20.1 Å². The molecule has 5 nitrogen and oxygen atoms in total. The van der Waals surface area contributed by atoms with E-state index in [4.69, 9.17) is 4.74 Å². The number of unbranched alkanes of at least 4 members (excludes halogenated alkanes) is 7. The van der Waals surface area contributed by atoms with E-state index < -0.39 is 24.5 Å². The summed E-state index contributed by atoms with van der Waals surface area (Å²) in [6.07, 6.45) is 6.31. The summed E-state index contributed by atoms with van der Waals surface area (Å²) in [5.41, 5.74) is 0. The molecule has 0 aliphatic carbocycles. The summed E-state index contributed by atoms with van der Waals surface area (Å²) in [6, 6.07) is 0. The molecule has 0 amide bonds. The topological polar surface area (TPSA) is 82.0 Å². The molecule has 4 atom stereocenters. The van der Waals surface area contributed by atoms with Gasteiger partial charge in [-0.25, -0.2) is 0 Å². The van der Waals surface area contributed by atoms with Crippen LogP contribution in [0.25, 0.3) is 0 Å². The van der Waals surface area contributed by atoms with Gasteiger partial charge in [-0.05, 0) is 13.0 Å². The van der Waals surface area contributed by atoms with Crippen molar-refractivity contribution in [2.45, 2.75) is 82.8 Å². The lowest BCUT2D eigenvalue weighted by Crippen LogP contribution is -2.57. The number of aliphatic hydroxyl groups excluding tert-OH is 3. The third-order valence-electron chi connectivity index (χ3n) is 3.88. The maximum Gasteiger partial charge on any atom is 0.137 e. The predicted octanol–water partition coefficient (Wildman–Crippen LogP) is 1.16. The molecule has 1 saturated heterocycles. The zero-order valence-corrected chi connectivity index (χ0v) is 12.6. The lowest BCUT2D eigenvalue weighted by atomic mass is 10.0. The second-order valence-electron chi connectivity index (χ2n) is 5.73. The van der Waals surface area contributed by atoms with Crippen molar-refractivity contribution >= 4 is 0 Å². The van der Waals surface area contributed by atoms with Gasteiger partial charge in [-0.1, -0.05) is 51.9 Å². The molecule has 0 spiro atoms. The fourth-order valence-electron chi connectivity index (χ4n) is 2.49. The van der Waals surface area contributed by atoms with Crippen LogP contribution in [0.5, 0.6) is 0 Å². The van der Waals surface area contributed by atoms with E-state index in [0.29, 0.717) is 0 Å². The molecule has 1 fully saturated rings. The highest BCUT2D eigenvalue weighted by atomic mass is 16.5. The predicted molar refractivity (Wildman–Crippen MR) is 78.4 cm³/mol. The second-order valence-corrected chi connectivity index (χ2v) is 5.73. The number of rotatable bonds is 10. The summed E-state index contributed by atoms with van der Waals surface area (Å²) >= 11 is 0. The van der Waals surface area contributed by atoms with E-state index in [-0.39, 0.29) is 6.61 Å². The summed E-state index contributed by atoms with van der Waals surface area (Å²) < 4.78 is 5.27. The Morgan fingerprint density at radius 1 is 0.900 bits per heavy atom. The first kappa shape index (κ1) is 17.9. The molecule has 0 aromatic heterocycles. The average Bonchev–Trinajstić information content (AvgIpc) is 2.45. The Labute approximate surface area is 122 Å². The van der Waals surface area contributed by atoms with Crippen LogP contribution in [-0.2, 0) is 4.74 Å². The van der Waals surface area contributed by atoms with Crippen molar-refractivity contribution in [2.24, 2.45) is 0 Å². The maximum absolute atomic E-state index is 9.73. The van der Waals surface area contributed by atoms with Crippen molar-refractivity contribution in [1.82, 2.24) is 5.32 Å². The van der Waals surface area contributed by atoms with Gasteiger partial charge in [0.2, 0.25) is 0 Å². The molecule has 1 aliphatic rings. The van der Waals surface area contributed by atoms with Gasteiger partial charge in [0.15, 0.2) is 0 Å². The summed E-state index contributed by atoms with van der Waals surface area (Å²) in [6.45, 7) is 3.05. The SMILES string of the molecule is CCCCCCCCCCNC1OC[C@@H](O)[C@H](O)[C@H]1O. The van der Waals surface area contributed by atoms with E-state index in [1.807, 2.05) is 0 Å². The summed E-state index contributed by atoms with van der Waals surface area (Å²) in [5.74, 6) is 0. The van der Waals surface area contributed by atoms with Gasteiger partial charge in [0.05, 0.1) is 6.61 Å². The van der Waals surface area contributed by atoms with Crippen molar-refractivity contribution in [1.29, 1.82) is 0 Å². The van der Waals surface area contributed by atoms with Crippen LogP contribution in [0, 0.1) is 0 Å². The Bertz CT molecular complexity index is 240. The molecular formula is C15H31NO4. The van der Waals surface area contributed by atoms with Gasteiger partial charge >= 0.3 is 0 Å². The fourth-order valence-corrected chi connectivity index (χ4v) is 2.49. The molecule has 0 saturated carbocycles. The number of aliphatic hydroxyl groups is 3. The van der Waals surface area contributed by atoms with Gasteiger partial charge in [0.1, 0.15) is 24.5 Å². The molecule has 4 N–H and O–H groups in total. The van der Waals surface area contributed by atoms with Crippen LogP contribution in [-0.4, -0.2) is 53.0 Å². The molecule has 0 bridgehead atoms. The molecule has 0 radical (unpaired) electrons. The first-order chi connectivity index (χ1) is 9.66. The van der Waals surface area contributed by atoms with Gasteiger partial charge in [0, 0.05) is 0 Å². The zero-order chi connectivity index (χ0) is 14.8. The van der Waals surface area contributed by atoms with Gasteiger partial charge in [-0.15, -0.1) is 0 Å². The molecule has 1 rings (SSSR count). The highest BCUT2D eigenvalue weighted by Gasteiger charge is 2.36. The standard InChI is InChI=1S/C15H31NO4/c1-2-3-4-5-6-7-8-9-10-16-15-14(19)13(18)12(17)11-20-15/h12-19H,2-11H2,1H3/t12-,13+,14-,15?/m1/s1. The maximum atomic E-state index is 9.73. The highest BCUT2D eigenvalue weighted by molar-refractivity contribution is 4.85. The molecule has 1 heterocycles. The number of ether oxygens (including phenoxy) is 1. The Morgan fingerprint density at radius 2 is 1.50 bits per heavy atom. The van der Waals surface area contributed by atoms with Gasteiger partial charge in [0.25, 0.3) is 0 Å². The van der Waals surface area contributed by atoms with E-state index in [9.17, 15) is 15.3 Å². The molecule has 5 heteroatoms. The summed E-state index contributed by atoms with van der Waals surface area (Å²) in [4.78, 5) is 0. The monoisotopic (exact) mass is 289 g/mol. The highest BCUT2D eigenvalue weighted by Crippen LogP contribution is 2.14. The largest absolute Gasteiger partial charge is 0.388 e. The summed E-state index contributed by atoms with van der Waals surface area (Å²) in [5, 5.41) is 31.7. The van der Waals surface area contributed by atoms with Crippen molar-refractivity contribution in [3.8, 4) is 0 Å². The Kier molecular flexibility index (Phi) is 9.39. The van der Waals surface area contributed by atoms with Crippen LogP contribution in [0.3, 0.4) is 0 Å². The minimum atomic E-state index is -1.13. The minimum Gasteiger partial charge on any atom is -0.388 e. The first-order valence-electron chi connectivity index (χ1n) is 8.06. The zero-order valence-electron chi connectivity index (χ0n) is 12.6. The van der Waals surface area contributed by atoms with E-state index in [1.54, 1.807) is 0 Å². The molecule has 0 aromatic rings. The summed E-state index contributed by atoms with van der Waals surface area (Å²) in [7, 11) is 0. The number of nitrogens with one attached hydrogen (secondary N) is 1. The fraction of sp³-hybridized carbons (Fsp3) is 1.00. The van der Waals surface area contributed by atoms with Crippen LogP contribution in [0.1, 0.15) is 58.3 Å². The molecule has 20 heavy (non-hydrogen) atoms. The van der Waals surface area contributed by atoms with Gasteiger partial charge in [-0.3, -0.25) is 5.32 Å². The third kappa shape index (κ3) is 6.50. The molecule has 0 aromatic carbocycles. The van der Waals surface area contributed by atoms with Crippen molar-refractivity contribution in [3.05, 3.63) is 0 Å². The van der Waals surface area contributed by atoms with Crippen LogP contribution >= 0.6 is 0 Å². The molecule has 1 unspecified atom stereocenters. The van der Waals surface area contributed by atoms with Crippen LogP contribution < -0.4 is 5.32 Å². The number of hydrogen-bond donors (Lipinski definition) is 4. The number of hydrogen-bond acceptors (Lipinski definition) is 5. The normalized spacial score (nSPS) is 30.6. The Morgan fingerprint density at radius 3 is 2.15 bits per heavy atom. The second kappa shape index (κ2) is 10.5.